The van der Waals surface area contributed by atoms with Gasteiger partial charge in [0.1, 0.15) is 0 Å². The summed E-state index contributed by atoms with van der Waals surface area (Å²) in [5, 5.41) is 10.6. The molecule has 0 saturated carbocycles. The average Bonchev–Trinajstić information content (AvgIpc) is 2.48. The Bertz CT molecular complexity index is 781. The first-order valence-corrected chi connectivity index (χ1v) is 7.45. The van der Waals surface area contributed by atoms with Crippen LogP contribution in [0.2, 0.25) is 0 Å². The molecule has 0 N–H and O–H groups in total. The van der Waals surface area contributed by atoms with E-state index in [4.69, 9.17) is 0 Å². The van der Waals surface area contributed by atoms with Crippen LogP contribution in [0, 0.1) is 10.1 Å². The molecular weight excluding hydrogens is 292 g/mol. The minimum Gasteiger partial charge on any atom is -0.258 e. The van der Waals surface area contributed by atoms with E-state index in [-0.39, 0.29) is 10.6 Å². The van der Waals surface area contributed by atoms with Crippen molar-refractivity contribution in [2.75, 3.05) is 0 Å². The van der Waals surface area contributed by atoms with Gasteiger partial charge in [0.2, 0.25) is 0 Å². The summed E-state index contributed by atoms with van der Waals surface area (Å²) in [4.78, 5) is 9.88. The Kier molecular flexibility index (Phi) is 4.13. The summed E-state index contributed by atoms with van der Waals surface area (Å²) >= 11 is 0. The number of rotatable bonds is 4. The van der Waals surface area contributed by atoms with Crippen LogP contribution in [0.5, 0.6) is 0 Å². The summed E-state index contributed by atoms with van der Waals surface area (Å²) in [6, 6.07) is 13.5. The van der Waals surface area contributed by atoms with Crippen molar-refractivity contribution in [2.45, 2.75) is 11.8 Å². The maximum atomic E-state index is 12.1. The molecule has 7 heteroatoms. The molecule has 0 atom stereocenters. The number of sulfonamides is 1. The summed E-state index contributed by atoms with van der Waals surface area (Å²) in [5.41, 5.74) is 0.884. The Hall–Kier alpha value is -2.54. The molecule has 0 saturated heterocycles. The van der Waals surface area contributed by atoms with Gasteiger partial charge in [0, 0.05) is 12.1 Å². The van der Waals surface area contributed by atoms with Crippen molar-refractivity contribution in [3.05, 3.63) is 70.3 Å². The first-order valence-electron chi connectivity index (χ1n) is 6.01. The van der Waals surface area contributed by atoms with Gasteiger partial charge in [0.05, 0.1) is 15.5 Å². The van der Waals surface area contributed by atoms with Gasteiger partial charge in [0.15, 0.2) is 0 Å². The molecule has 0 aromatic heterocycles. The zero-order valence-corrected chi connectivity index (χ0v) is 11.9. The topological polar surface area (TPSA) is 89.6 Å². The highest BCUT2D eigenvalue weighted by molar-refractivity contribution is 7.90. The first kappa shape index (κ1) is 14.9. The van der Waals surface area contributed by atoms with Crippen LogP contribution < -0.4 is 0 Å². The lowest BCUT2D eigenvalue weighted by atomic mass is 10.1. The molecule has 2 rings (SSSR count). The molecule has 0 amide bonds. The van der Waals surface area contributed by atoms with Crippen molar-refractivity contribution in [1.29, 1.82) is 0 Å². The fraction of sp³-hybridized carbons (Fsp3) is 0.0714. The summed E-state index contributed by atoms with van der Waals surface area (Å²) in [7, 11) is -3.88. The zero-order valence-electron chi connectivity index (χ0n) is 11.1. The van der Waals surface area contributed by atoms with E-state index in [0.717, 1.165) is 12.1 Å². The van der Waals surface area contributed by atoms with E-state index in [1.807, 2.05) is 6.07 Å². The van der Waals surface area contributed by atoms with Crippen LogP contribution in [0.4, 0.5) is 5.69 Å². The quantitative estimate of drug-likeness (QED) is 0.493. The van der Waals surface area contributed by atoms with E-state index in [1.165, 1.54) is 12.1 Å². The molecule has 0 aliphatic carbocycles. The number of non-ortho nitro benzene ring substituents is 1. The van der Waals surface area contributed by atoms with Crippen LogP contribution >= 0.6 is 0 Å². The van der Waals surface area contributed by atoms with E-state index in [2.05, 4.69) is 4.40 Å². The number of nitro benzene ring substituents is 1. The Morgan fingerprint density at radius 1 is 1.05 bits per heavy atom. The van der Waals surface area contributed by atoms with Gasteiger partial charge >= 0.3 is 0 Å². The van der Waals surface area contributed by atoms with Crippen LogP contribution in [-0.4, -0.2) is 19.1 Å². The third-order valence-electron chi connectivity index (χ3n) is 2.79. The van der Waals surface area contributed by atoms with Crippen molar-refractivity contribution in [3.63, 3.8) is 0 Å². The molecule has 2 aromatic rings. The highest BCUT2D eigenvalue weighted by Gasteiger charge is 2.15. The summed E-state index contributed by atoms with van der Waals surface area (Å²) in [6.45, 7) is 1.60. The molecule has 0 unspecified atom stereocenters. The lowest BCUT2D eigenvalue weighted by Crippen LogP contribution is -2.03. The van der Waals surface area contributed by atoms with Crippen molar-refractivity contribution in [1.82, 2.24) is 0 Å². The smallest absolute Gasteiger partial charge is 0.258 e. The van der Waals surface area contributed by atoms with Gasteiger partial charge in [-0.3, -0.25) is 10.1 Å². The second-order valence-corrected chi connectivity index (χ2v) is 5.87. The van der Waals surface area contributed by atoms with Gasteiger partial charge in [-0.2, -0.15) is 12.8 Å². The third-order valence-corrected chi connectivity index (χ3v) is 4.18. The van der Waals surface area contributed by atoms with Gasteiger partial charge in [0.25, 0.3) is 15.7 Å². The normalized spacial score (nSPS) is 12.1. The third kappa shape index (κ3) is 3.51. The molecule has 0 aliphatic rings. The van der Waals surface area contributed by atoms with Crippen molar-refractivity contribution in [3.8, 4) is 0 Å². The SMILES string of the molecule is C/C(=N\S(=O)(=O)c1ccc([N+](=O)[O-])cc1)c1ccccc1. The second kappa shape index (κ2) is 5.84. The Morgan fingerprint density at radius 3 is 2.14 bits per heavy atom. The average molecular weight is 304 g/mol. The van der Waals surface area contributed by atoms with Crippen molar-refractivity contribution >= 4 is 21.4 Å². The largest absolute Gasteiger partial charge is 0.282 e. The van der Waals surface area contributed by atoms with Crippen LogP contribution in [0.15, 0.2) is 63.9 Å². The lowest BCUT2D eigenvalue weighted by molar-refractivity contribution is -0.384. The molecule has 0 spiro atoms. The van der Waals surface area contributed by atoms with E-state index in [1.54, 1.807) is 31.2 Å². The van der Waals surface area contributed by atoms with E-state index >= 15 is 0 Å². The molecule has 108 valence electrons. The van der Waals surface area contributed by atoms with Crippen LogP contribution in [0.3, 0.4) is 0 Å². The fourth-order valence-electron chi connectivity index (χ4n) is 1.70. The van der Waals surface area contributed by atoms with Crippen molar-refractivity contribution < 1.29 is 13.3 Å². The van der Waals surface area contributed by atoms with Gasteiger partial charge in [-0.15, -0.1) is 0 Å². The minimum atomic E-state index is -3.88. The summed E-state index contributed by atoms with van der Waals surface area (Å²) in [6.07, 6.45) is 0. The van der Waals surface area contributed by atoms with Crippen molar-refractivity contribution in [2.24, 2.45) is 4.40 Å². The van der Waals surface area contributed by atoms with Gasteiger partial charge in [-0.25, -0.2) is 0 Å². The molecule has 0 radical (unpaired) electrons. The van der Waals surface area contributed by atoms with Crippen LogP contribution in [-0.2, 0) is 10.0 Å². The maximum absolute atomic E-state index is 12.1. The van der Waals surface area contributed by atoms with E-state index in [0.29, 0.717) is 11.3 Å². The standard InChI is InChI=1S/C14H12N2O4S/c1-11(12-5-3-2-4-6-12)15-21(19,20)14-9-7-13(8-10-14)16(17)18/h2-10H,1H3/b15-11+. The van der Waals surface area contributed by atoms with E-state index < -0.39 is 14.9 Å². The number of benzene rings is 2. The lowest BCUT2D eigenvalue weighted by Gasteiger charge is -2.02. The fourth-order valence-corrected chi connectivity index (χ4v) is 2.76. The van der Waals surface area contributed by atoms with E-state index in [9.17, 15) is 18.5 Å². The molecule has 6 nitrogen and oxygen atoms in total. The number of nitro groups is 1. The molecule has 0 bridgehead atoms. The van der Waals surface area contributed by atoms with Gasteiger partial charge < -0.3 is 0 Å². The number of hydrogen-bond acceptors (Lipinski definition) is 4. The highest BCUT2D eigenvalue weighted by Crippen LogP contribution is 2.18. The second-order valence-electron chi connectivity index (χ2n) is 4.27. The monoisotopic (exact) mass is 304 g/mol. The number of hydrogen-bond donors (Lipinski definition) is 0. The molecular formula is C14H12N2O4S. The van der Waals surface area contributed by atoms with Crippen LogP contribution in [0.25, 0.3) is 0 Å². The Labute approximate surface area is 122 Å². The predicted molar refractivity (Wildman–Crippen MR) is 78.9 cm³/mol. The van der Waals surface area contributed by atoms with Crippen LogP contribution in [0.1, 0.15) is 12.5 Å². The number of nitrogens with zero attached hydrogens (tertiary/aromatic N) is 2. The minimum absolute atomic E-state index is 0.0802. The Morgan fingerprint density at radius 2 is 1.62 bits per heavy atom. The van der Waals surface area contributed by atoms with Gasteiger partial charge in [-0.1, -0.05) is 30.3 Å². The predicted octanol–water partition coefficient (Wildman–Crippen LogP) is 2.79. The highest BCUT2D eigenvalue weighted by atomic mass is 32.2. The zero-order chi connectivity index (χ0) is 15.5. The maximum Gasteiger partial charge on any atom is 0.282 e. The molecule has 0 aliphatic heterocycles. The molecule has 2 aromatic carbocycles. The molecule has 0 fully saturated rings. The summed E-state index contributed by atoms with van der Waals surface area (Å²) < 4.78 is 28.0. The van der Waals surface area contributed by atoms with Gasteiger partial charge in [-0.05, 0) is 24.6 Å². The molecule has 0 heterocycles. The Balaban J connectivity index is 2.36. The first-order chi connectivity index (χ1) is 9.90. The molecule has 21 heavy (non-hydrogen) atoms. The summed E-state index contributed by atoms with van der Waals surface area (Å²) in [5.74, 6) is 0.